The van der Waals surface area contributed by atoms with Crippen molar-refractivity contribution in [1.29, 1.82) is 0 Å². The molecule has 2 heterocycles. The van der Waals surface area contributed by atoms with Gasteiger partial charge < -0.3 is 9.47 Å². The van der Waals surface area contributed by atoms with Gasteiger partial charge in [0.2, 0.25) is 6.79 Å². The molecule has 4 rings (SSSR count). The van der Waals surface area contributed by atoms with Crippen LogP contribution >= 0.6 is 0 Å². The van der Waals surface area contributed by atoms with Crippen LogP contribution in [-0.2, 0) is 19.3 Å². The summed E-state index contributed by atoms with van der Waals surface area (Å²) in [6.45, 7) is 5.07. The highest BCUT2D eigenvalue weighted by molar-refractivity contribution is 5.44. The zero-order valence-electron chi connectivity index (χ0n) is 14.8. The summed E-state index contributed by atoms with van der Waals surface area (Å²) in [5.74, 6) is 1.57. The third kappa shape index (κ3) is 4.36. The van der Waals surface area contributed by atoms with E-state index in [1.165, 1.54) is 17.7 Å². The molecule has 0 atom stereocenters. The lowest BCUT2D eigenvalue weighted by Gasteiger charge is -2.34. The second-order valence-electron chi connectivity index (χ2n) is 6.94. The number of rotatable bonds is 4. The van der Waals surface area contributed by atoms with E-state index in [-0.39, 0.29) is 6.79 Å². The molecule has 0 aromatic heterocycles. The fourth-order valence-electron chi connectivity index (χ4n) is 3.51. The lowest BCUT2D eigenvalue weighted by Crippen LogP contribution is -2.45. The fourth-order valence-corrected chi connectivity index (χ4v) is 3.51. The van der Waals surface area contributed by atoms with Gasteiger partial charge in [-0.05, 0) is 29.3 Å². The Morgan fingerprint density at radius 1 is 0.778 bits per heavy atom. The van der Waals surface area contributed by atoms with Crippen LogP contribution in [0.25, 0.3) is 0 Å². The predicted octanol–water partition coefficient (Wildman–Crippen LogP) is 3.75. The summed E-state index contributed by atoms with van der Waals surface area (Å²) in [6.07, 6.45) is -4.29. The molecule has 0 bridgehead atoms. The van der Waals surface area contributed by atoms with Gasteiger partial charge in [-0.15, -0.1) is 0 Å². The monoisotopic (exact) mass is 378 g/mol. The smallest absolute Gasteiger partial charge is 0.416 e. The third-order valence-electron chi connectivity index (χ3n) is 4.97. The Kier molecular flexibility index (Phi) is 4.97. The van der Waals surface area contributed by atoms with Gasteiger partial charge in [-0.3, -0.25) is 9.80 Å². The second-order valence-corrected chi connectivity index (χ2v) is 6.94. The van der Waals surface area contributed by atoms with Crippen molar-refractivity contribution in [3.63, 3.8) is 0 Å². The third-order valence-corrected chi connectivity index (χ3v) is 4.97. The van der Waals surface area contributed by atoms with Crippen LogP contribution in [0, 0.1) is 0 Å². The minimum atomic E-state index is -4.29. The van der Waals surface area contributed by atoms with E-state index in [4.69, 9.17) is 9.47 Å². The van der Waals surface area contributed by atoms with Crippen molar-refractivity contribution in [3.05, 3.63) is 59.2 Å². The quantitative estimate of drug-likeness (QED) is 0.809. The zero-order valence-corrected chi connectivity index (χ0v) is 14.8. The number of piperazine rings is 1. The molecule has 7 heteroatoms. The van der Waals surface area contributed by atoms with Gasteiger partial charge in [0.15, 0.2) is 11.5 Å². The number of nitrogens with zero attached hydrogens (tertiary/aromatic N) is 2. The van der Waals surface area contributed by atoms with Crippen LogP contribution in [0.15, 0.2) is 42.5 Å². The van der Waals surface area contributed by atoms with Crippen LogP contribution in [-0.4, -0.2) is 42.8 Å². The molecule has 2 aliphatic heterocycles. The van der Waals surface area contributed by atoms with Crippen LogP contribution in [0.2, 0.25) is 0 Å². The SMILES string of the molecule is FC(F)(F)c1cccc(CN2CCN(Cc3ccc4c(c3)OCO4)CC2)c1. The molecular weight excluding hydrogens is 357 g/mol. The number of fused-ring (bicyclic) bond motifs is 1. The van der Waals surface area contributed by atoms with Crippen molar-refractivity contribution in [1.82, 2.24) is 9.80 Å². The molecule has 27 heavy (non-hydrogen) atoms. The summed E-state index contributed by atoms with van der Waals surface area (Å²) in [5.41, 5.74) is 1.29. The van der Waals surface area contributed by atoms with Gasteiger partial charge in [-0.2, -0.15) is 13.2 Å². The Hall–Kier alpha value is -2.25. The molecule has 2 aliphatic rings. The first kappa shape index (κ1) is 18.1. The molecule has 0 aliphatic carbocycles. The first-order chi connectivity index (χ1) is 13.0. The molecule has 0 saturated carbocycles. The van der Waals surface area contributed by atoms with Gasteiger partial charge in [0.05, 0.1) is 5.56 Å². The Morgan fingerprint density at radius 2 is 1.41 bits per heavy atom. The summed E-state index contributed by atoms with van der Waals surface area (Å²) in [5, 5.41) is 0. The molecule has 2 aromatic rings. The minimum Gasteiger partial charge on any atom is -0.454 e. The van der Waals surface area contributed by atoms with Gasteiger partial charge >= 0.3 is 6.18 Å². The number of ether oxygens (including phenoxy) is 2. The van der Waals surface area contributed by atoms with Crippen molar-refractivity contribution < 1.29 is 22.6 Å². The van der Waals surface area contributed by atoms with Crippen LogP contribution < -0.4 is 9.47 Å². The van der Waals surface area contributed by atoms with Crippen molar-refractivity contribution in [3.8, 4) is 11.5 Å². The van der Waals surface area contributed by atoms with E-state index in [2.05, 4.69) is 9.80 Å². The summed E-state index contributed by atoms with van der Waals surface area (Å²) >= 11 is 0. The Labute approximate surface area is 156 Å². The van der Waals surface area contributed by atoms with Crippen LogP contribution in [0.1, 0.15) is 16.7 Å². The normalized spacial score (nSPS) is 18.0. The standard InChI is InChI=1S/C20H21F3N2O2/c21-20(22,23)17-3-1-2-15(10-17)12-24-6-8-25(9-7-24)13-16-4-5-18-19(11-16)27-14-26-18/h1-5,10-11H,6-9,12-14H2. The van der Waals surface area contributed by atoms with E-state index in [1.54, 1.807) is 6.07 Å². The summed E-state index contributed by atoms with van der Waals surface area (Å²) in [7, 11) is 0. The average molecular weight is 378 g/mol. The van der Waals surface area contributed by atoms with Crippen LogP contribution in [0.5, 0.6) is 11.5 Å². The van der Waals surface area contributed by atoms with Crippen LogP contribution in [0.4, 0.5) is 13.2 Å². The summed E-state index contributed by atoms with van der Waals surface area (Å²) in [6, 6.07) is 11.6. The van der Waals surface area contributed by atoms with E-state index in [0.717, 1.165) is 50.3 Å². The highest BCUT2D eigenvalue weighted by Gasteiger charge is 2.30. The van der Waals surface area contributed by atoms with Gasteiger partial charge in [-0.25, -0.2) is 0 Å². The Bertz CT molecular complexity index is 802. The maximum Gasteiger partial charge on any atom is 0.416 e. The minimum absolute atomic E-state index is 0.271. The number of hydrogen-bond donors (Lipinski definition) is 0. The maximum absolute atomic E-state index is 12.9. The highest BCUT2D eigenvalue weighted by Crippen LogP contribution is 2.33. The largest absolute Gasteiger partial charge is 0.454 e. The molecule has 0 N–H and O–H groups in total. The molecule has 2 aromatic carbocycles. The van der Waals surface area contributed by atoms with Gasteiger partial charge in [0.25, 0.3) is 0 Å². The van der Waals surface area contributed by atoms with E-state index < -0.39 is 11.7 Å². The molecular formula is C20H21F3N2O2. The fraction of sp³-hybridized carbons (Fsp3) is 0.400. The number of hydrogen-bond acceptors (Lipinski definition) is 4. The van der Waals surface area contributed by atoms with E-state index >= 15 is 0 Å². The number of benzene rings is 2. The molecule has 1 fully saturated rings. The topological polar surface area (TPSA) is 24.9 Å². The van der Waals surface area contributed by atoms with Crippen molar-refractivity contribution in [2.45, 2.75) is 19.3 Å². The van der Waals surface area contributed by atoms with Gasteiger partial charge in [0.1, 0.15) is 0 Å². The first-order valence-electron chi connectivity index (χ1n) is 8.97. The van der Waals surface area contributed by atoms with Crippen LogP contribution in [0.3, 0.4) is 0 Å². The maximum atomic E-state index is 12.9. The van der Waals surface area contributed by atoms with Gasteiger partial charge in [-0.1, -0.05) is 24.3 Å². The Balaban J connectivity index is 1.30. The number of halogens is 3. The van der Waals surface area contributed by atoms with Crippen molar-refractivity contribution in [2.75, 3.05) is 33.0 Å². The zero-order chi connectivity index (χ0) is 18.9. The van der Waals surface area contributed by atoms with E-state index in [9.17, 15) is 13.2 Å². The average Bonchev–Trinajstić information content (AvgIpc) is 3.11. The lowest BCUT2D eigenvalue weighted by molar-refractivity contribution is -0.137. The predicted molar refractivity (Wildman–Crippen MR) is 94.6 cm³/mol. The van der Waals surface area contributed by atoms with Crippen molar-refractivity contribution >= 4 is 0 Å². The molecule has 1 saturated heterocycles. The van der Waals surface area contributed by atoms with Gasteiger partial charge in [0, 0.05) is 39.3 Å². The van der Waals surface area contributed by atoms with E-state index in [0.29, 0.717) is 12.1 Å². The molecule has 0 radical (unpaired) electrons. The first-order valence-corrected chi connectivity index (χ1v) is 8.97. The van der Waals surface area contributed by atoms with E-state index in [1.807, 2.05) is 18.2 Å². The highest BCUT2D eigenvalue weighted by atomic mass is 19.4. The van der Waals surface area contributed by atoms with Crippen molar-refractivity contribution in [2.24, 2.45) is 0 Å². The molecule has 144 valence electrons. The number of alkyl halides is 3. The molecule has 4 nitrogen and oxygen atoms in total. The second kappa shape index (κ2) is 7.40. The summed E-state index contributed by atoms with van der Waals surface area (Å²) in [4.78, 5) is 4.55. The summed E-state index contributed by atoms with van der Waals surface area (Å²) < 4.78 is 49.3. The molecule has 0 unspecified atom stereocenters. The lowest BCUT2D eigenvalue weighted by atomic mass is 10.1. The molecule has 0 spiro atoms. The molecule has 0 amide bonds. The Morgan fingerprint density at radius 3 is 2.07 bits per heavy atom.